The molecule has 0 aliphatic heterocycles. The van der Waals surface area contributed by atoms with E-state index in [1.165, 1.54) is 18.2 Å². The first-order valence-corrected chi connectivity index (χ1v) is 16.2. The van der Waals surface area contributed by atoms with Crippen LogP contribution in [-0.2, 0) is 14.6 Å². The Balaban J connectivity index is 1.71. The van der Waals surface area contributed by atoms with Gasteiger partial charge in [-0.2, -0.15) is 9.98 Å². The Morgan fingerprint density at radius 2 is 1.88 bits per heavy atom. The Labute approximate surface area is 236 Å². The third-order valence-corrected chi connectivity index (χ3v) is 9.33. The predicted octanol–water partition coefficient (Wildman–Crippen LogP) is 3.76. The molecule has 216 valence electrons. The Bertz CT molecular complexity index is 1520. The largest absolute Gasteiger partial charge is 0.490 e. The molecule has 0 aliphatic carbocycles. The van der Waals surface area contributed by atoms with E-state index in [1.54, 1.807) is 30.3 Å². The standard InChI is InChI=1S/C25H30FN4O7PS2/c1-17-20(23-8-9-24(39-23)40(34,35)30-16-38(31,32)33)6-7-22(25(17)37-12-2-10-27)36-13-3-11-29-19-5-4-18(15-28)21(26)14-19/h4-9,14,29-30H,2-3,10-13,16,27H2,1H3,(H2,31,32,33). The van der Waals surface area contributed by atoms with Crippen LogP contribution in [0, 0.1) is 24.1 Å². The Morgan fingerprint density at radius 1 is 1.12 bits per heavy atom. The van der Waals surface area contributed by atoms with E-state index in [0.29, 0.717) is 66.8 Å². The maximum atomic E-state index is 13.8. The minimum atomic E-state index is -4.56. The molecule has 11 nitrogen and oxygen atoms in total. The van der Waals surface area contributed by atoms with Crippen molar-refractivity contribution in [3.63, 3.8) is 0 Å². The zero-order valence-electron chi connectivity index (χ0n) is 21.6. The van der Waals surface area contributed by atoms with Gasteiger partial charge in [0, 0.05) is 22.7 Å². The molecule has 1 heterocycles. The SMILES string of the molecule is Cc1c(-c2ccc(S(=O)(=O)NCP(=O)(O)O)s2)ccc(OCCCNc2ccc(C#N)c(F)c2)c1OCCCN. The van der Waals surface area contributed by atoms with Gasteiger partial charge < -0.3 is 30.3 Å². The summed E-state index contributed by atoms with van der Waals surface area (Å²) in [5, 5.41) is 11.9. The number of rotatable bonds is 15. The van der Waals surface area contributed by atoms with Crippen LogP contribution in [0.3, 0.4) is 0 Å². The number of nitrogens with two attached hydrogens (primary N) is 1. The summed E-state index contributed by atoms with van der Waals surface area (Å²) in [4.78, 5) is 18.6. The molecule has 0 radical (unpaired) electrons. The van der Waals surface area contributed by atoms with E-state index < -0.39 is 29.7 Å². The highest BCUT2D eigenvalue weighted by molar-refractivity contribution is 7.92. The first kappa shape index (κ1) is 31.5. The lowest BCUT2D eigenvalue weighted by molar-refractivity contribution is 0.264. The zero-order chi connectivity index (χ0) is 29.3. The number of hydrogen-bond acceptors (Lipinski definition) is 9. The number of benzene rings is 2. The molecule has 0 saturated carbocycles. The molecule has 0 unspecified atom stereocenters. The second kappa shape index (κ2) is 14.0. The summed E-state index contributed by atoms with van der Waals surface area (Å²) in [5.41, 5.74) is 7.56. The van der Waals surface area contributed by atoms with Crippen LogP contribution in [0.2, 0.25) is 0 Å². The van der Waals surface area contributed by atoms with Gasteiger partial charge in [0.05, 0.1) is 18.8 Å². The summed E-state index contributed by atoms with van der Waals surface area (Å²) in [5.74, 6) is 0.396. The van der Waals surface area contributed by atoms with Crippen molar-refractivity contribution in [3.8, 4) is 28.0 Å². The Morgan fingerprint density at radius 3 is 2.55 bits per heavy atom. The summed E-state index contributed by atoms with van der Waals surface area (Å²) in [6.45, 7) is 3.42. The van der Waals surface area contributed by atoms with Crippen LogP contribution < -0.4 is 25.2 Å². The lowest BCUT2D eigenvalue weighted by Crippen LogP contribution is -2.23. The number of ether oxygens (including phenoxy) is 2. The van der Waals surface area contributed by atoms with Crippen molar-refractivity contribution in [2.24, 2.45) is 5.73 Å². The predicted molar refractivity (Wildman–Crippen MR) is 151 cm³/mol. The van der Waals surface area contributed by atoms with E-state index in [1.807, 2.05) is 11.6 Å². The smallest absolute Gasteiger partial charge is 0.340 e. The van der Waals surface area contributed by atoms with Crippen molar-refractivity contribution < 1.29 is 36.6 Å². The third-order valence-electron chi connectivity index (χ3n) is 5.53. The molecule has 0 bridgehead atoms. The summed E-state index contributed by atoms with van der Waals surface area (Å²) >= 11 is 0.954. The van der Waals surface area contributed by atoms with Crippen LogP contribution in [0.25, 0.3) is 10.4 Å². The van der Waals surface area contributed by atoms with E-state index in [9.17, 15) is 17.4 Å². The van der Waals surface area contributed by atoms with Gasteiger partial charge in [-0.25, -0.2) is 12.8 Å². The third kappa shape index (κ3) is 8.74. The van der Waals surface area contributed by atoms with E-state index in [-0.39, 0.29) is 9.77 Å². The second-order valence-electron chi connectivity index (χ2n) is 8.58. The number of thiophene rings is 1. The molecule has 1 aromatic heterocycles. The summed E-state index contributed by atoms with van der Waals surface area (Å²) in [7, 11) is -8.66. The molecule has 0 atom stereocenters. The monoisotopic (exact) mass is 612 g/mol. The van der Waals surface area contributed by atoms with Crippen LogP contribution >= 0.6 is 18.9 Å². The molecule has 0 fully saturated rings. The number of sulfonamides is 1. The minimum Gasteiger partial charge on any atom is -0.490 e. The quantitative estimate of drug-likeness (QED) is 0.125. The van der Waals surface area contributed by atoms with Crippen molar-refractivity contribution in [3.05, 3.63) is 59.4 Å². The first-order valence-electron chi connectivity index (χ1n) is 12.1. The average Bonchev–Trinajstić information content (AvgIpc) is 3.40. The Hall–Kier alpha value is -3.02. The molecule has 15 heteroatoms. The second-order valence-corrected chi connectivity index (χ2v) is 13.3. The lowest BCUT2D eigenvalue weighted by Gasteiger charge is -2.17. The fourth-order valence-electron chi connectivity index (χ4n) is 3.54. The van der Waals surface area contributed by atoms with Crippen LogP contribution in [0.15, 0.2) is 46.7 Å². The van der Waals surface area contributed by atoms with Crippen molar-refractivity contribution in [1.82, 2.24) is 4.72 Å². The number of anilines is 1. The number of hydrogen-bond donors (Lipinski definition) is 5. The average molecular weight is 613 g/mol. The van der Waals surface area contributed by atoms with Gasteiger partial charge in [-0.3, -0.25) is 4.57 Å². The molecule has 6 N–H and O–H groups in total. The lowest BCUT2D eigenvalue weighted by atomic mass is 10.1. The van der Waals surface area contributed by atoms with Gasteiger partial charge in [0.1, 0.15) is 22.4 Å². The normalized spacial score (nSPS) is 11.7. The molecule has 3 aromatic rings. The van der Waals surface area contributed by atoms with Crippen molar-refractivity contribution in [2.75, 3.05) is 37.9 Å². The van der Waals surface area contributed by atoms with E-state index in [4.69, 9.17) is 30.3 Å². The molecule has 2 aromatic carbocycles. The van der Waals surface area contributed by atoms with Crippen molar-refractivity contribution in [2.45, 2.75) is 24.0 Å². The van der Waals surface area contributed by atoms with Gasteiger partial charge in [-0.05, 0) is 74.3 Å². The van der Waals surface area contributed by atoms with Crippen LogP contribution in [-0.4, -0.2) is 50.8 Å². The highest BCUT2D eigenvalue weighted by Crippen LogP contribution is 2.41. The summed E-state index contributed by atoms with van der Waals surface area (Å²) < 4.78 is 63.6. The topological polar surface area (TPSA) is 184 Å². The molecule has 0 saturated heterocycles. The highest BCUT2D eigenvalue weighted by Gasteiger charge is 2.23. The fraction of sp³-hybridized carbons (Fsp3) is 0.320. The van der Waals surface area contributed by atoms with Crippen LogP contribution in [0.5, 0.6) is 11.5 Å². The van der Waals surface area contributed by atoms with E-state index in [2.05, 4.69) is 5.32 Å². The van der Waals surface area contributed by atoms with Gasteiger partial charge in [0.25, 0.3) is 10.0 Å². The van der Waals surface area contributed by atoms with E-state index >= 15 is 0 Å². The molecular formula is C25H30FN4O7PS2. The highest BCUT2D eigenvalue weighted by atomic mass is 32.2. The van der Waals surface area contributed by atoms with Gasteiger partial charge in [0.15, 0.2) is 11.5 Å². The fourth-order valence-corrected chi connectivity index (χ4v) is 6.98. The van der Waals surface area contributed by atoms with Gasteiger partial charge in [-0.15, -0.1) is 11.3 Å². The van der Waals surface area contributed by atoms with Crippen LogP contribution in [0.1, 0.15) is 24.0 Å². The maximum Gasteiger partial charge on any atom is 0.340 e. The maximum absolute atomic E-state index is 13.8. The van der Waals surface area contributed by atoms with Crippen LogP contribution in [0.4, 0.5) is 10.1 Å². The molecule has 3 rings (SSSR count). The van der Waals surface area contributed by atoms with Crippen molar-refractivity contribution in [1.29, 1.82) is 5.26 Å². The number of halogens is 1. The summed E-state index contributed by atoms with van der Waals surface area (Å²) in [6, 6.07) is 12.6. The Kier molecular flexibility index (Phi) is 11.1. The van der Waals surface area contributed by atoms with Gasteiger partial charge in [0.2, 0.25) is 0 Å². The molecule has 0 spiro atoms. The number of nitrogens with one attached hydrogen (secondary N) is 2. The molecular weight excluding hydrogens is 582 g/mol. The molecule has 0 amide bonds. The number of nitrogens with zero attached hydrogens (tertiary/aromatic N) is 1. The summed E-state index contributed by atoms with van der Waals surface area (Å²) in [6.07, 6.45) is 0.200. The number of nitriles is 1. The minimum absolute atomic E-state index is 0.0215. The zero-order valence-corrected chi connectivity index (χ0v) is 24.1. The van der Waals surface area contributed by atoms with E-state index in [0.717, 1.165) is 16.9 Å². The first-order chi connectivity index (χ1) is 18.9. The molecule has 0 aliphatic rings. The van der Waals surface area contributed by atoms with Crippen molar-refractivity contribution >= 4 is 34.6 Å². The molecule has 40 heavy (non-hydrogen) atoms. The van der Waals surface area contributed by atoms with Gasteiger partial charge >= 0.3 is 7.60 Å². The van der Waals surface area contributed by atoms with Gasteiger partial charge in [-0.1, -0.05) is 0 Å².